The Morgan fingerprint density at radius 1 is 1.21 bits per heavy atom. The van der Waals surface area contributed by atoms with Gasteiger partial charge in [0.15, 0.2) is 0 Å². The highest BCUT2D eigenvalue weighted by molar-refractivity contribution is 5.94. The van der Waals surface area contributed by atoms with Gasteiger partial charge in [-0.3, -0.25) is 9.48 Å². The van der Waals surface area contributed by atoms with E-state index in [2.05, 4.69) is 15.0 Å². The summed E-state index contributed by atoms with van der Waals surface area (Å²) < 4.78 is 7.48. The van der Waals surface area contributed by atoms with Crippen molar-refractivity contribution in [1.82, 2.24) is 19.7 Å². The van der Waals surface area contributed by atoms with Crippen molar-refractivity contribution in [1.29, 1.82) is 0 Å². The molecule has 4 rings (SSSR count). The van der Waals surface area contributed by atoms with Crippen molar-refractivity contribution >= 4 is 11.7 Å². The Kier molecular flexibility index (Phi) is 6.44. The first-order valence-electron chi connectivity index (χ1n) is 10.7. The maximum absolute atomic E-state index is 12.9. The van der Waals surface area contributed by atoms with Crippen LogP contribution in [0, 0.1) is 5.92 Å². The van der Waals surface area contributed by atoms with E-state index in [4.69, 9.17) is 4.74 Å². The molecular weight excluding hydrogens is 366 g/mol. The van der Waals surface area contributed by atoms with Crippen LogP contribution in [-0.4, -0.2) is 65.0 Å². The zero-order valence-corrected chi connectivity index (χ0v) is 17.2. The van der Waals surface area contributed by atoms with E-state index < -0.39 is 0 Å². The average molecular weight is 398 g/mol. The number of carbonyl (C=O) groups excluding carboxylic acids is 1. The molecule has 2 fully saturated rings. The first-order chi connectivity index (χ1) is 14.2. The van der Waals surface area contributed by atoms with E-state index in [1.165, 1.54) is 0 Å². The van der Waals surface area contributed by atoms with Crippen LogP contribution in [0.5, 0.6) is 0 Å². The summed E-state index contributed by atoms with van der Waals surface area (Å²) in [6.45, 7) is 4.46. The molecule has 2 aliphatic rings. The minimum absolute atomic E-state index is 0.1000. The van der Waals surface area contributed by atoms with Gasteiger partial charge in [-0.2, -0.15) is 5.10 Å². The lowest BCUT2D eigenvalue weighted by atomic mass is 9.93. The van der Waals surface area contributed by atoms with Crippen LogP contribution in [0.25, 0.3) is 0 Å². The summed E-state index contributed by atoms with van der Waals surface area (Å²) in [6.07, 6.45) is 11.3. The number of pyridine rings is 1. The molecule has 7 nitrogen and oxygen atoms in total. The maximum atomic E-state index is 12.9. The van der Waals surface area contributed by atoms with E-state index in [0.717, 1.165) is 70.6 Å². The number of amides is 1. The van der Waals surface area contributed by atoms with Crippen LogP contribution in [0.3, 0.4) is 0 Å². The molecule has 0 bridgehead atoms. The second-order valence-corrected chi connectivity index (χ2v) is 8.14. The molecule has 7 heteroatoms. The zero-order valence-electron chi connectivity index (χ0n) is 17.2. The molecular formula is C22H31N5O2. The Labute approximate surface area is 172 Å². The molecule has 29 heavy (non-hydrogen) atoms. The maximum Gasteiger partial charge on any atom is 0.255 e. The number of methoxy groups -OCH3 is 1. The summed E-state index contributed by atoms with van der Waals surface area (Å²) in [5.74, 6) is 1.69. The van der Waals surface area contributed by atoms with Gasteiger partial charge in [-0.25, -0.2) is 4.98 Å². The highest BCUT2D eigenvalue weighted by Crippen LogP contribution is 2.23. The molecule has 0 radical (unpaired) electrons. The predicted octanol–water partition coefficient (Wildman–Crippen LogP) is 2.84. The van der Waals surface area contributed by atoms with Crippen molar-refractivity contribution in [3.8, 4) is 0 Å². The average Bonchev–Trinajstić information content (AvgIpc) is 3.31. The fraction of sp³-hybridized carbons (Fsp3) is 0.591. The molecule has 2 aliphatic heterocycles. The Morgan fingerprint density at radius 3 is 2.76 bits per heavy atom. The van der Waals surface area contributed by atoms with Crippen molar-refractivity contribution < 1.29 is 9.53 Å². The Morgan fingerprint density at radius 2 is 2.07 bits per heavy atom. The van der Waals surface area contributed by atoms with E-state index in [1.54, 1.807) is 13.3 Å². The fourth-order valence-electron chi connectivity index (χ4n) is 4.39. The third kappa shape index (κ3) is 4.96. The van der Waals surface area contributed by atoms with Gasteiger partial charge in [0.1, 0.15) is 5.82 Å². The predicted molar refractivity (Wildman–Crippen MR) is 112 cm³/mol. The first kappa shape index (κ1) is 19.9. The van der Waals surface area contributed by atoms with Crippen molar-refractivity contribution in [3.63, 3.8) is 0 Å². The number of piperidine rings is 2. The molecule has 156 valence electrons. The van der Waals surface area contributed by atoms with Crippen molar-refractivity contribution in [2.45, 2.75) is 44.8 Å². The van der Waals surface area contributed by atoms with Gasteiger partial charge in [0.2, 0.25) is 0 Å². The fourth-order valence-corrected chi connectivity index (χ4v) is 4.39. The Bertz CT molecular complexity index is 769. The number of likely N-dealkylation sites (tertiary alicyclic amines) is 1. The summed E-state index contributed by atoms with van der Waals surface area (Å²) in [6, 6.07) is 5.86. The molecule has 2 aromatic heterocycles. The minimum Gasteiger partial charge on any atom is -0.380 e. The van der Waals surface area contributed by atoms with Crippen LogP contribution in [0.4, 0.5) is 5.82 Å². The van der Waals surface area contributed by atoms with Crippen LogP contribution >= 0.6 is 0 Å². The van der Waals surface area contributed by atoms with Crippen molar-refractivity contribution in [3.05, 3.63) is 42.4 Å². The topological polar surface area (TPSA) is 63.5 Å². The number of rotatable bonds is 6. The number of aryl methyl sites for hydroxylation is 1. The van der Waals surface area contributed by atoms with Crippen LogP contribution in [0.15, 0.2) is 36.8 Å². The first-order valence-corrected chi connectivity index (χ1v) is 10.7. The van der Waals surface area contributed by atoms with E-state index in [0.29, 0.717) is 11.5 Å². The van der Waals surface area contributed by atoms with E-state index in [-0.39, 0.29) is 12.0 Å². The molecule has 0 aliphatic carbocycles. The third-order valence-corrected chi connectivity index (χ3v) is 6.26. The lowest BCUT2D eigenvalue weighted by Gasteiger charge is -2.33. The van der Waals surface area contributed by atoms with Crippen LogP contribution in [-0.2, 0) is 11.3 Å². The Balaban J connectivity index is 1.27. The van der Waals surface area contributed by atoms with E-state index in [1.807, 2.05) is 40.2 Å². The van der Waals surface area contributed by atoms with E-state index in [9.17, 15) is 4.79 Å². The molecule has 2 aromatic rings. The lowest BCUT2D eigenvalue weighted by Crippen LogP contribution is -2.40. The summed E-state index contributed by atoms with van der Waals surface area (Å²) in [5, 5.41) is 4.27. The molecule has 0 unspecified atom stereocenters. The highest BCUT2D eigenvalue weighted by atomic mass is 16.5. The molecule has 0 aromatic carbocycles. The van der Waals surface area contributed by atoms with Gasteiger partial charge < -0.3 is 14.5 Å². The summed E-state index contributed by atoms with van der Waals surface area (Å²) in [5.41, 5.74) is 0.684. The second kappa shape index (κ2) is 9.39. The van der Waals surface area contributed by atoms with Crippen LogP contribution in [0.2, 0.25) is 0 Å². The van der Waals surface area contributed by atoms with Crippen LogP contribution < -0.4 is 4.90 Å². The number of carbonyl (C=O) groups is 1. The van der Waals surface area contributed by atoms with Gasteiger partial charge in [-0.15, -0.1) is 0 Å². The number of aromatic nitrogens is 3. The standard InChI is InChI=1S/C22H31N5O2/c1-29-20-4-2-11-26(17-20)21-6-5-19(16-23-21)22(28)25-13-7-18(8-14-25)9-15-27-12-3-10-24-27/h3,5-6,10,12,16,18,20H,2,4,7-9,11,13-15,17H2,1H3/t20-/m0/s1. The molecule has 2 saturated heterocycles. The van der Waals surface area contributed by atoms with Gasteiger partial charge in [0, 0.05) is 58.4 Å². The number of anilines is 1. The molecule has 4 heterocycles. The third-order valence-electron chi connectivity index (χ3n) is 6.26. The van der Waals surface area contributed by atoms with Gasteiger partial charge in [0.25, 0.3) is 5.91 Å². The molecule has 0 saturated carbocycles. The second-order valence-electron chi connectivity index (χ2n) is 8.14. The van der Waals surface area contributed by atoms with Crippen molar-refractivity contribution in [2.75, 3.05) is 38.2 Å². The molecule has 0 spiro atoms. The van der Waals surface area contributed by atoms with Gasteiger partial charge in [0.05, 0.1) is 11.7 Å². The quantitative estimate of drug-likeness (QED) is 0.750. The minimum atomic E-state index is 0.1000. The number of ether oxygens (including phenoxy) is 1. The van der Waals surface area contributed by atoms with E-state index >= 15 is 0 Å². The summed E-state index contributed by atoms with van der Waals surface area (Å²) in [7, 11) is 1.77. The normalized spacial score (nSPS) is 20.8. The SMILES string of the molecule is CO[C@H]1CCCN(c2ccc(C(=O)N3CCC(CCn4cccn4)CC3)cn2)C1. The smallest absolute Gasteiger partial charge is 0.255 e. The molecule has 0 N–H and O–H groups in total. The Hall–Kier alpha value is -2.41. The van der Waals surface area contributed by atoms with Gasteiger partial charge in [-0.1, -0.05) is 0 Å². The monoisotopic (exact) mass is 397 g/mol. The molecule has 1 atom stereocenters. The number of nitrogens with zero attached hydrogens (tertiary/aromatic N) is 5. The summed E-state index contributed by atoms with van der Waals surface area (Å²) >= 11 is 0. The van der Waals surface area contributed by atoms with Crippen LogP contribution in [0.1, 0.15) is 42.5 Å². The largest absolute Gasteiger partial charge is 0.380 e. The number of hydrogen-bond donors (Lipinski definition) is 0. The van der Waals surface area contributed by atoms with Crippen molar-refractivity contribution in [2.24, 2.45) is 5.92 Å². The van der Waals surface area contributed by atoms with Gasteiger partial charge in [-0.05, 0) is 56.2 Å². The zero-order chi connectivity index (χ0) is 20.1. The summed E-state index contributed by atoms with van der Waals surface area (Å²) in [4.78, 5) is 21.7. The number of hydrogen-bond acceptors (Lipinski definition) is 5. The highest BCUT2D eigenvalue weighted by Gasteiger charge is 2.25. The molecule has 1 amide bonds. The van der Waals surface area contributed by atoms with Gasteiger partial charge >= 0.3 is 0 Å². The lowest BCUT2D eigenvalue weighted by molar-refractivity contribution is 0.0684.